The second kappa shape index (κ2) is 10.0. The lowest BCUT2D eigenvalue weighted by Crippen LogP contribution is -2.41. The van der Waals surface area contributed by atoms with Crippen LogP contribution >= 0.6 is 11.8 Å². The Hall–Kier alpha value is -3.06. The molecule has 1 aliphatic heterocycles. The molecule has 1 fully saturated rings. The lowest BCUT2D eigenvalue weighted by atomic mass is 9.97. The van der Waals surface area contributed by atoms with Gasteiger partial charge >= 0.3 is 5.97 Å². The highest BCUT2D eigenvalue weighted by molar-refractivity contribution is 7.99. The van der Waals surface area contributed by atoms with Crippen LogP contribution in [0.4, 0.5) is 0 Å². The Morgan fingerprint density at radius 2 is 1.75 bits per heavy atom. The minimum atomic E-state index is -0.181. The summed E-state index contributed by atoms with van der Waals surface area (Å²) in [6.07, 6.45) is 3.17. The summed E-state index contributed by atoms with van der Waals surface area (Å²) < 4.78 is 6.94. The van der Waals surface area contributed by atoms with Crippen LogP contribution in [0.2, 0.25) is 0 Å². The normalized spacial score (nSPS) is 14.4. The molecule has 1 aromatic heterocycles. The molecule has 0 atom stereocenters. The fourth-order valence-corrected chi connectivity index (χ4v) is 4.84. The van der Waals surface area contributed by atoms with Gasteiger partial charge in [-0.25, -0.2) is 4.98 Å². The third-order valence-electron chi connectivity index (χ3n) is 5.80. The second-order valence-electron chi connectivity index (χ2n) is 7.93. The zero-order chi connectivity index (χ0) is 22.5. The van der Waals surface area contributed by atoms with Gasteiger partial charge in [0.2, 0.25) is 5.91 Å². The number of aromatic nitrogens is 2. The van der Waals surface area contributed by atoms with E-state index in [1.54, 1.807) is 0 Å². The summed E-state index contributed by atoms with van der Waals surface area (Å²) >= 11 is 1.44. The largest absolute Gasteiger partial charge is 0.469 e. The van der Waals surface area contributed by atoms with Gasteiger partial charge in [0.1, 0.15) is 0 Å². The van der Waals surface area contributed by atoms with Gasteiger partial charge in [-0.1, -0.05) is 59.8 Å². The molecule has 0 aliphatic carbocycles. The summed E-state index contributed by atoms with van der Waals surface area (Å²) in [6, 6.07) is 18.4. The van der Waals surface area contributed by atoms with Crippen molar-refractivity contribution < 1.29 is 14.3 Å². The molecule has 1 amide bonds. The Labute approximate surface area is 192 Å². The van der Waals surface area contributed by atoms with Crippen LogP contribution in [-0.2, 0) is 14.3 Å². The smallest absolute Gasteiger partial charge is 0.308 e. The number of piperidine rings is 1. The number of carbonyl (C=O) groups excluding carboxylic acids is 2. The van der Waals surface area contributed by atoms with Gasteiger partial charge in [0.05, 0.1) is 30.7 Å². The summed E-state index contributed by atoms with van der Waals surface area (Å²) in [6.45, 7) is 3.23. The minimum absolute atomic E-state index is 0.0676. The van der Waals surface area contributed by atoms with E-state index in [2.05, 4.69) is 52.9 Å². The first-order valence-electron chi connectivity index (χ1n) is 10.8. The molecule has 1 saturated heterocycles. The van der Waals surface area contributed by atoms with Crippen molar-refractivity contribution in [1.82, 2.24) is 14.5 Å². The van der Waals surface area contributed by atoms with Gasteiger partial charge in [-0.05, 0) is 31.9 Å². The molecule has 0 radical (unpaired) electrons. The molecule has 0 bridgehead atoms. The maximum absolute atomic E-state index is 12.8. The van der Waals surface area contributed by atoms with Gasteiger partial charge in [0.15, 0.2) is 5.16 Å². The number of carbonyl (C=O) groups is 2. The number of hydrogen-bond donors (Lipinski definition) is 0. The van der Waals surface area contributed by atoms with E-state index in [1.807, 2.05) is 29.3 Å². The number of rotatable bonds is 6. The van der Waals surface area contributed by atoms with Crippen LogP contribution < -0.4 is 0 Å². The highest BCUT2D eigenvalue weighted by Crippen LogP contribution is 2.30. The Morgan fingerprint density at radius 3 is 2.41 bits per heavy atom. The fourth-order valence-electron chi connectivity index (χ4n) is 3.94. The molecule has 3 aromatic rings. The molecule has 32 heavy (non-hydrogen) atoms. The van der Waals surface area contributed by atoms with Crippen LogP contribution in [0.15, 0.2) is 66.0 Å². The van der Waals surface area contributed by atoms with Crippen molar-refractivity contribution in [1.29, 1.82) is 0 Å². The Morgan fingerprint density at radius 1 is 1.06 bits per heavy atom. The SMILES string of the molecule is COC(=O)C1CCN(C(=O)CSc2ncc(-c3ccccc3)n2-c2ccc(C)cc2)CC1. The topological polar surface area (TPSA) is 64.4 Å². The number of esters is 1. The van der Waals surface area contributed by atoms with Crippen molar-refractivity contribution in [2.24, 2.45) is 5.92 Å². The summed E-state index contributed by atoms with van der Waals surface area (Å²) in [4.78, 5) is 31.1. The van der Waals surface area contributed by atoms with E-state index < -0.39 is 0 Å². The molecule has 0 N–H and O–H groups in total. The molecule has 6 nitrogen and oxygen atoms in total. The van der Waals surface area contributed by atoms with Crippen LogP contribution in [0.3, 0.4) is 0 Å². The monoisotopic (exact) mass is 449 g/mol. The molecular weight excluding hydrogens is 422 g/mol. The maximum atomic E-state index is 12.8. The first-order chi connectivity index (χ1) is 15.6. The standard InChI is InChI=1S/C25H27N3O3S/c1-18-8-10-21(11-9-18)28-22(19-6-4-3-5-7-19)16-26-25(28)32-17-23(29)27-14-12-20(13-15-27)24(30)31-2/h3-11,16,20H,12-15,17H2,1-2H3. The maximum Gasteiger partial charge on any atom is 0.308 e. The van der Waals surface area contributed by atoms with E-state index in [4.69, 9.17) is 4.74 Å². The van der Waals surface area contributed by atoms with E-state index >= 15 is 0 Å². The fraction of sp³-hybridized carbons (Fsp3) is 0.320. The lowest BCUT2D eigenvalue weighted by Gasteiger charge is -2.30. The Kier molecular flexibility index (Phi) is 6.95. The van der Waals surface area contributed by atoms with E-state index in [0.29, 0.717) is 31.7 Å². The van der Waals surface area contributed by atoms with Crippen LogP contribution in [-0.4, -0.2) is 52.3 Å². The minimum Gasteiger partial charge on any atom is -0.469 e. The number of likely N-dealkylation sites (tertiary alicyclic amines) is 1. The molecule has 0 saturated carbocycles. The molecule has 2 aromatic carbocycles. The van der Waals surface area contributed by atoms with Crippen molar-refractivity contribution in [3.63, 3.8) is 0 Å². The number of amides is 1. The Bertz CT molecular complexity index is 1070. The summed E-state index contributed by atoms with van der Waals surface area (Å²) in [5.74, 6) is 0.0867. The Balaban J connectivity index is 1.50. The summed E-state index contributed by atoms with van der Waals surface area (Å²) in [7, 11) is 1.41. The molecule has 7 heteroatoms. The number of methoxy groups -OCH3 is 1. The van der Waals surface area contributed by atoms with E-state index in [1.165, 1.54) is 24.4 Å². The van der Waals surface area contributed by atoms with Crippen LogP contribution in [0, 0.1) is 12.8 Å². The van der Waals surface area contributed by atoms with E-state index in [-0.39, 0.29) is 17.8 Å². The van der Waals surface area contributed by atoms with Crippen molar-refractivity contribution >= 4 is 23.6 Å². The number of nitrogens with zero attached hydrogens (tertiary/aromatic N) is 3. The third kappa shape index (κ3) is 4.88. The number of thioether (sulfide) groups is 1. The molecular formula is C25H27N3O3S. The second-order valence-corrected chi connectivity index (χ2v) is 8.87. The van der Waals surface area contributed by atoms with Gasteiger partial charge in [0, 0.05) is 24.3 Å². The number of aryl methyl sites for hydroxylation is 1. The molecule has 2 heterocycles. The van der Waals surface area contributed by atoms with Crippen molar-refractivity contribution in [3.05, 3.63) is 66.4 Å². The average Bonchev–Trinajstić information content (AvgIpc) is 3.27. The van der Waals surface area contributed by atoms with Gasteiger partial charge in [-0.3, -0.25) is 14.2 Å². The third-order valence-corrected chi connectivity index (χ3v) is 6.74. The van der Waals surface area contributed by atoms with Crippen LogP contribution in [0.5, 0.6) is 0 Å². The lowest BCUT2D eigenvalue weighted by molar-refractivity contribution is -0.148. The zero-order valence-corrected chi connectivity index (χ0v) is 19.2. The molecule has 1 aliphatic rings. The number of imidazole rings is 1. The van der Waals surface area contributed by atoms with Gasteiger partial charge < -0.3 is 9.64 Å². The molecule has 4 rings (SSSR count). The predicted octanol–water partition coefficient (Wildman–Crippen LogP) is 4.35. The van der Waals surface area contributed by atoms with Gasteiger partial charge in [-0.15, -0.1) is 0 Å². The van der Waals surface area contributed by atoms with E-state index in [0.717, 1.165) is 22.1 Å². The average molecular weight is 450 g/mol. The summed E-state index contributed by atoms with van der Waals surface area (Å²) in [5, 5.41) is 0.783. The van der Waals surface area contributed by atoms with Gasteiger partial charge in [-0.2, -0.15) is 0 Å². The van der Waals surface area contributed by atoms with Crippen LogP contribution in [0.1, 0.15) is 18.4 Å². The number of ether oxygens (including phenoxy) is 1. The van der Waals surface area contributed by atoms with Crippen molar-refractivity contribution in [2.45, 2.75) is 24.9 Å². The first kappa shape index (κ1) is 22.1. The molecule has 0 unspecified atom stereocenters. The molecule has 0 spiro atoms. The first-order valence-corrected chi connectivity index (χ1v) is 11.7. The highest BCUT2D eigenvalue weighted by atomic mass is 32.2. The van der Waals surface area contributed by atoms with Crippen molar-refractivity contribution in [3.8, 4) is 16.9 Å². The quantitative estimate of drug-likeness (QED) is 0.414. The summed E-state index contributed by atoms with van der Waals surface area (Å²) in [5.41, 5.74) is 4.27. The number of hydrogen-bond acceptors (Lipinski definition) is 5. The predicted molar refractivity (Wildman–Crippen MR) is 126 cm³/mol. The van der Waals surface area contributed by atoms with Crippen molar-refractivity contribution in [2.75, 3.05) is 26.0 Å². The van der Waals surface area contributed by atoms with Crippen LogP contribution in [0.25, 0.3) is 16.9 Å². The highest BCUT2D eigenvalue weighted by Gasteiger charge is 2.28. The zero-order valence-electron chi connectivity index (χ0n) is 18.4. The molecule has 166 valence electrons. The van der Waals surface area contributed by atoms with E-state index in [9.17, 15) is 9.59 Å². The van der Waals surface area contributed by atoms with Gasteiger partial charge in [0.25, 0.3) is 0 Å². The number of benzene rings is 2.